The number of aryl methyl sites for hydroxylation is 1. The third kappa shape index (κ3) is 2.06. The Labute approximate surface area is 93.0 Å². The van der Waals surface area contributed by atoms with Crippen molar-refractivity contribution in [3.8, 4) is 10.7 Å². The molecule has 2 rings (SSSR count). The van der Waals surface area contributed by atoms with Crippen molar-refractivity contribution in [1.82, 2.24) is 9.97 Å². The van der Waals surface area contributed by atoms with E-state index in [1.807, 2.05) is 32.2 Å². The zero-order valence-corrected chi connectivity index (χ0v) is 9.58. The lowest BCUT2D eigenvalue weighted by molar-refractivity contribution is 0.835. The number of hydrogen-bond donors (Lipinski definition) is 1. The van der Waals surface area contributed by atoms with E-state index in [4.69, 9.17) is 5.73 Å². The second-order valence-electron chi connectivity index (χ2n) is 3.53. The lowest BCUT2D eigenvalue weighted by Crippen LogP contribution is -2.01. The van der Waals surface area contributed by atoms with E-state index in [0.29, 0.717) is 0 Å². The van der Waals surface area contributed by atoms with Crippen LogP contribution in [0.2, 0.25) is 0 Å². The SMILES string of the molecule is Cc1cccnc1-c1ncc(C(C)N)s1. The van der Waals surface area contributed by atoms with Crippen molar-refractivity contribution >= 4 is 11.3 Å². The Morgan fingerprint density at radius 3 is 2.80 bits per heavy atom. The summed E-state index contributed by atoms with van der Waals surface area (Å²) in [6, 6.07) is 4.01. The Balaban J connectivity index is 2.42. The van der Waals surface area contributed by atoms with Gasteiger partial charge in [0.25, 0.3) is 0 Å². The molecule has 1 unspecified atom stereocenters. The van der Waals surface area contributed by atoms with Gasteiger partial charge in [0.05, 0.1) is 0 Å². The van der Waals surface area contributed by atoms with E-state index in [1.165, 1.54) is 0 Å². The summed E-state index contributed by atoms with van der Waals surface area (Å²) in [7, 11) is 0. The minimum atomic E-state index is 0.0419. The summed E-state index contributed by atoms with van der Waals surface area (Å²) in [5.41, 5.74) is 7.89. The average molecular weight is 219 g/mol. The van der Waals surface area contributed by atoms with Gasteiger partial charge in [0.2, 0.25) is 0 Å². The van der Waals surface area contributed by atoms with Crippen molar-refractivity contribution in [2.75, 3.05) is 0 Å². The maximum atomic E-state index is 5.79. The molecule has 0 bridgehead atoms. The van der Waals surface area contributed by atoms with Crippen LogP contribution in [0.3, 0.4) is 0 Å². The second-order valence-corrected chi connectivity index (χ2v) is 4.59. The van der Waals surface area contributed by atoms with E-state index < -0.39 is 0 Å². The van der Waals surface area contributed by atoms with Crippen LogP contribution in [-0.2, 0) is 0 Å². The number of rotatable bonds is 2. The van der Waals surface area contributed by atoms with Crippen molar-refractivity contribution in [2.24, 2.45) is 5.73 Å². The number of nitrogens with two attached hydrogens (primary N) is 1. The quantitative estimate of drug-likeness (QED) is 0.844. The predicted molar refractivity (Wildman–Crippen MR) is 62.7 cm³/mol. The zero-order chi connectivity index (χ0) is 10.8. The second kappa shape index (κ2) is 4.08. The monoisotopic (exact) mass is 219 g/mol. The van der Waals surface area contributed by atoms with Crippen LogP contribution >= 0.6 is 11.3 Å². The van der Waals surface area contributed by atoms with Crippen molar-refractivity contribution in [2.45, 2.75) is 19.9 Å². The molecule has 3 nitrogen and oxygen atoms in total. The van der Waals surface area contributed by atoms with Gasteiger partial charge in [0.1, 0.15) is 10.7 Å². The standard InChI is InChI=1S/C11H13N3S/c1-7-4-3-5-13-10(7)11-14-6-9(15-11)8(2)12/h3-6,8H,12H2,1-2H3. The van der Waals surface area contributed by atoms with E-state index >= 15 is 0 Å². The smallest absolute Gasteiger partial charge is 0.142 e. The molecule has 2 heterocycles. The number of aromatic nitrogens is 2. The van der Waals surface area contributed by atoms with E-state index in [0.717, 1.165) is 21.1 Å². The van der Waals surface area contributed by atoms with Crippen LogP contribution in [0.25, 0.3) is 10.7 Å². The molecule has 2 N–H and O–H groups in total. The highest BCUT2D eigenvalue weighted by molar-refractivity contribution is 7.15. The molecule has 0 saturated heterocycles. The molecule has 1 atom stereocenters. The fourth-order valence-corrected chi connectivity index (χ4v) is 2.25. The molecule has 0 spiro atoms. The highest BCUT2D eigenvalue weighted by atomic mass is 32.1. The molecule has 0 radical (unpaired) electrons. The van der Waals surface area contributed by atoms with Crippen LogP contribution in [0.5, 0.6) is 0 Å². The number of thiazole rings is 1. The Morgan fingerprint density at radius 2 is 2.20 bits per heavy atom. The molecule has 0 aliphatic heterocycles. The summed E-state index contributed by atoms with van der Waals surface area (Å²) in [4.78, 5) is 9.77. The van der Waals surface area contributed by atoms with E-state index in [2.05, 4.69) is 9.97 Å². The van der Waals surface area contributed by atoms with Crippen molar-refractivity contribution in [3.05, 3.63) is 35.0 Å². The molecule has 2 aromatic heterocycles. The van der Waals surface area contributed by atoms with E-state index in [-0.39, 0.29) is 6.04 Å². The van der Waals surface area contributed by atoms with Crippen LogP contribution < -0.4 is 5.73 Å². The van der Waals surface area contributed by atoms with Crippen LogP contribution in [-0.4, -0.2) is 9.97 Å². The molecule has 0 fully saturated rings. The number of hydrogen-bond acceptors (Lipinski definition) is 4. The highest BCUT2D eigenvalue weighted by Gasteiger charge is 2.10. The molecule has 15 heavy (non-hydrogen) atoms. The normalized spacial score (nSPS) is 12.7. The molecule has 78 valence electrons. The highest BCUT2D eigenvalue weighted by Crippen LogP contribution is 2.28. The van der Waals surface area contributed by atoms with Gasteiger partial charge in [-0.25, -0.2) is 4.98 Å². The van der Waals surface area contributed by atoms with Gasteiger partial charge in [-0.3, -0.25) is 4.98 Å². The maximum Gasteiger partial charge on any atom is 0.142 e. The van der Waals surface area contributed by atoms with E-state index in [1.54, 1.807) is 17.5 Å². The summed E-state index contributed by atoms with van der Waals surface area (Å²) >= 11 is 1.61. The fraction of sp³-hybridized carbons (Fsp3) is 0.273. The van der Waals surface area contributed by atoms with Gasteiger partial charge in [-0.05, 0) is 25.5 Å². The lowest BCUT2D eigenvalue weighted by atomic mass is 10.2. The zero-order valence-electron chi connectivity index (χ0n) is 8.77. The van der Waals surface area contributed by atoms with Gasteiger partial charge in [0.15, 0.2) is 0 Å². The van der Waals surface area contributed by atoms with Crippen molar-refractivity contribution in [1.29, 1.82) is 0 Å². The summed E-state index contributed by atoms with van der Waals surface area (Å²) in [6.45, 7) is 4.00. The first-order valence-corrected chi connectivity index (χ1v) is 5.63. The third-order valence-electron chi connectivity index (χ3n) is 2.18. The molecular weight excluding hydrogens is 206 g/mol. The van der Waals surface area contributed by atoms with Crippen LogP contribution in [0.15, 0.2) is 24.5 Å². The molecule has 2 aromatic rings. The summed E-state index contributed by atoms with van der Waals surface area (Å²) in [6.07, 6.45) is 3.62. The fourth-order valence-electron chi connectivity index (χ4n) is 1.32. The Hall–Kier alpha value is -1.26. The summed E-state index contributed by atoms with van der Waals surface area (Å²) < 4.78 is 0. The number of pyridine rings is 1. The Morgan fingerprint density at radius 1 is 1.40 bits per heavy atom. The van der Waals surface area contributed by atoms with Crippen molar-refractivity contribution in [3.63, 3.8) is 0 Å². The summed E-state index contributed by atoms with van der Waals surface area (Å²) in [5.74, 6) is 0. The van der Waals surface area contributed by atoms with Crippen LogP contribution in [0.4, 0.5) is 0 Å². The molecule has 0 saturated carbocycles. The molecular formula is C11H13N3S. The maximum absolute atomic E-state index is 5.79. The summed E-state index contributed by atoms with van der Waals surface area (Å²) in [5, 5.41) is 0.945. The minimum Gasteiger partial charge on any atom is -0.323 e. The van der Waals surface area contributed by atoms with Gasteiger partial charge in [-0.1, -0.05) is 6.07 Å². The molecule has 0 amide bonds. The first-order valence-electron chi connectivity index (χ1n) is 4.82. The van der Waals surface area contributed by atoms with Crippen LogP contribution in [0.1, 0.15) is 23.4 Å². The van der Waals surface area contributed by atoms with Gasteiger partial charge >= 0.3 is 0 Å². The Kier molecular flexibility index (Phi) is 2.79. The number of nitrogens with zero attached hydrogens (tertiary/aromatic N) is 2. The Bertz CT molecular complexity index is 462. The van der Waals surface area contributed by atoms with Crippen molar-refractivity contribution < 1.29 is 0 Å². The van der Waals surface area contributed by atoms with Gasteiger partial charge in [-0.2, -0.15) is 0 Å². The van der Waals surface area contributed by atoms with E-state index in [9.17, 15) is 0 Å². The molecule has 0 aromatic carbocycles. The lowest BCUT2D eigenvalue weighted by Gasteiger charge is -1.99. The average Bonchev–Trinajstić information content (AvgIpc) is 2.67. The van der Waals surface area contributed by atoms with Gasteiger partial charge in [-0.15, -0.1) is 11.3 Å². The first-order chi connectivity index (χ1) is 7.18. The topological polar surface area (TPSA) is 51.8 Å². The third-order valence-corrected chi connectivity index (χ3v) is 3.39. The minimum absolute atomic E-state index is 0.0419. The first kappa shape index (κ1) is 10.3. The van der Waals surface area contributed by atoms with Crippen LogP contribution in [0, 0.1) is 6.92 Å². The van der Waals surface area contributed by atoms with Gasteiger partial charge < -0.3 is 5.73 Å². The van der Waals surface area contributed by atoms with Gasteiger partial charge in [0, 0.05) is 23.3 Å². The molecule has 0 aliphatic rings. The molecule has 4 heteroatoms. The predicted octanol–water partition coefficient (Wildman–Crippen LogP) is 2.53. The molecule has 0 aliphatic carbocycles. The largest absolute Gasteiger partial charge is 0.323 e.